The number of nitrogens with zero attached hydrogens (tertiary/aromatic N) is 5. The van der Waals surface area contributed by atoms with Crippen LogP contribution < -0.4 is 10.9 Å². The van der Waals surface area contributed by atoms with E-state index in [0.717, 1.165) is 6.42 Å². The second-order valence-electron chi connectivity index (χ2n) is 5.83. The van der Waals surface area contributed by atoms with Gasteiger partial charge >= 0.3 is 0 Å². The van der Waals surface area contributed by atoms with Gasteiger partial charge in [0.15, 0.2) is 5.82 Å². The van der Waals surface area contributed by atoms with E-state index in [0.29, 0.717) is 24.6 Å². The Hall–Kier alpha value is -3.07. The number of hydrogen-bond donors (Lipinski definition) is 1. The lowest BCUT2D eigenvalue weighted by Gasteiger charge is -2.14. The Morgan fingerprint density at radius 1 is 1.38 bits per heavy atom. The Labute approximate surface area is 149 Å². The van der Waals surface area contributed by atoms with Gasteiger partial charge in [-0.05, 0) is 25.5 Å². The number of hydrogen-bond acceptors (Lipinski definition) is 6. The minimum Gasteiger partial charge on any atom is -0.385 e. The van der Waals surface area contributed by atoms with Crippen molar-refractivity contribution in [1.82, 2.24) is 29.5 Å². The lowest BCUT2D eigenvalue weighted by molar-refractivity contribution is 0.0935. The van der Waals surface area contributed by atoms with Crippen LogP contribution in [0.3, 0.4) is 0 Å². The molecule has 0 aliphatic heterocycles. The first-order valence-corrected chi connectivity index (χ1v) is 8.25. The Morgan fingerprint density at radius 3 is 3.04 bits per heavy atom. The van der Waals surface area contributed by atoms with Crippen LogP contribution in [-0.4, -0.2) is 43.8 Å². The summed E-state index contributed by atoms with van der Waals surface area (Å²) >= 11 is 0. The molecule has 26 heavy (non-hydrogen) atoms. The molecule has 9 nitrogen and oxygen atoms in total. The first kappa shape index (κ1) is 17.7. The zero-order valence-corrected chi connectivity index (χ0v) is 14.6. The van der Waals surface area contributed by atoms with Gasteiger partial charge < -0.3 is 14.6 Å². The molecule has 9 heteroatoms. The molecule has 1 N–H and O–H groups in total. The van der Waals surface area contributed by atoms with E-state index in [1.54, 1.807) is 44.8 Å². The topological polar surface area (TPSA) is 103 Å². The van der Waals surface area contributed by atoms with Crippen molar-refractivity contribution in [2.24, 2.45) is 0 Å². The summed E-state index contributed by atoms with van der Waals surface area (Å²) in [7, 11) is 1.64. The van der Waals surface area contributed by atoms with Crippen LogP contribution >= 0.6 is 0 Å². The summed E-state index contributed by atoms with van der Waals surface area (Å²) in [6.45, 7) is 3.09. The summed E-state index contributed by atoms with van der Waals surface area (Å²) in [6.07, 6.45) is 5.29. The summed E-state index contributed by atoms with van der Waals surface area (Å²) in [4.78, 5) is 29.2. The summed E-state index contributed by atoms with van der Waals surface area (Å²) in [5, 5.41) is 10.8. The van der Waals surface area contributed by atoms with Gasteiger partial charge in [-0.3, -0.25) is 14.0 Å². The summed E-state index contributed by atoms with van der Waals surface area (Å²) < 4.78 is 8.24. The van der Waals surface area contributed by atoms with Crippen LogP contribution in [0.15, 0.2) is 41.7 Å². The van der Waals surface area contributed by atoms with Crippen LogP contribution in [0, 0.1) is 0 Å². The highest BCUT2D eigenvalue weighted by atomic mass is 16.5. The van der Waals surface area contributed by atoms with Crippen molar-refractivity contribution in [1.29, 1.82) is 0 Å². The lowest BCUT2D eigenvalue weighted by Crippen LogP contribution is -2.34. The molecule has 0 fully saturated rings. The maximum absolute atomic E-state index is 12.5. The highest BCUT2D eigenvalue weighted by molar-refractivity contribution is 5.93. The molecular weight excluding hydrogens is 336 g/mol. The predicted molar refractivity (Wildman–Crippen MR) is 93.9 cm³/mol. The molecule has 0 saturated heterocycles. The van der Waals surface area contributed by atoms with Crippen molar-refractivity contribution in [2.45, 2.75) is 25.9 Å². The Kier molecular flexibility index (Phi) is 5.37. The van der Waals surface area contributed by atoms with E-state index in [2.05, 4.69) is 20.5 Å². The fourth-order valence-corrected chi connectivity index (χ4v) is 2.67. The molecule has 3 heterocycles. The van der Waals surface area contributed by atoms with E-state index in [1.807, 2.05) is 4.57 Å². The molecular formula is C17H20N6O3. The molecule has 0 aliphatic rings. The zero-order valence-electron chi connectivity index (χ0n) is 14.6. The number of fused-ring (bicyclic) bond motifs is 1. The van der Waals surface area contributed by atoms with Gasteiger partial charge in [-0.15, -0.1) is 10.2 Å². The Bertz CT molecular complexity index is 964. The van der Waals surface area contributed by atoms with Crippen molar-refractivity contribution < 1.29 is 9.53 Å². The Morgan fingerprint density at radius 2 is 2.23 bits per heavy atom. The van der Waals surface area contributed by atoms with Crippen molar-refractivity contribution >= 4 is 11.6 Å². The largest absolute Gasteiger partial charge is 0.385 e. The van der Waals surface area contributed by atoms with Crippen molar-refractivity contribution in [2.75, 3.05) is 13.7 Å². The van der Waals surface area contributed by atoms with Gasteiger partial charge in [-0.1, -0.05) is 6.07 Å². The number of pyridine rings is 1. The van der Waals surface area contributed by atoms with E-state index in [1.165, 1.54) is 10.6 Å². The maximum Gasteiger partial charge on any atom is 0.270 e. The SMILES string of the molecule is COCCCn1cnnc1[C@@H](C)NC(=O)c1cnc2ccccn2c1=O. The smallest absolute Gasteiger partial charge is 0.270 e. The second kappa shape index (κ2) is 7.87. The molecule has 3 aromatic rings. The highest BCUT2D eigenvalue weighted by Crippen LogP contribution is 2.10. The molecule has 0 bridgehead atoms. The van der Waals surface area contributed by atoms with Gasteiger partial charge in [0, 0.05) is 32.7 Å². The molecule has 0 saturated carbocycles. The number of amides is 1. The van der Waals surface area contributed by atoms with Gasteiger partial charge in [0.25, 0.3) is 11.5 Å². The van der Waals surface area contributed by atoms with Crippen molar-refractivity contribution in [3.05, 3.63) is 58.7 Å². The molecule has 0 aliphatic carbocycles. The van der Waals surface area contributed by atoms with E-state index < -0.39 is 17.5 Å². The average Bonchev–Trinajstić information content (AvgIpc) is 3.11. The van der Waals surface area contributed by atoms with Gasteiger partial charge in [0.05, 0.1) is 6.04 Å². The monoisotopic (exact) mass is 356 g/mol. The van der Waals surface area contributed by atoms with Gasteiger partial charge in [0.2, 0.25) is 0 Å². The normalized spacial score (nSPS) is 12.2. The minimum absolute atomic E-state index is 0.0222. The van der Waals surface area contributed by atoms with Crippen LogP contribution in [0.1, 0.15) is 35.6 Å². The van der Waals surface area contributed by atoms with Crippen LogP contribution in [0.5, 0.6) is 0 Å². The number of carbonyl (C=O) groups excluding carboxylic acids is 1. The first-order valence-electron chi connectivity index (χ1n) is 8.25. The molecule has 0 aromatic carbocycles. The third-order valence-electron chi connectivity index (χ3n) is 3.99. The minimum atomic E-state index is -0.500. The fourth-order valence-electron chi connectivity index (χ4n) is 2.67. The van der Waals surface area contributed by atoms with Gasteiger partial charge in [-0.25, -0.2) is 4.98 Å². The van der Waals surface area contributed by atoms with E-state index in [-0.39, 0.29) is 5.56 Å². The van der Waals surface area contributed by atoms with Crippen LogP contribution in [0.2, 0.25) is 0 Å². The number of ether oxygens (including phenoxy) is 1. The molecule has 0 spiro atoms. The molecule has 136 valence electrons. The van der Waals surface area contributed by atoms with E-state index in [9.17, 15) is 9.59 Å². The molecule has 1 amide bonds. The number of nitrogens with one attached hydrogen (secondary N) is 1. The molecule has 1 atom stereocenters. The standard InChI is InChI=1S/C17H20N6O3/c1-12(15-21-19-11-22(15)7-5-9-26-2)20-16(24)13-10-18-14-6-3-4-8-23(14)17(13)25/h3-4,6,8,10-12H,5,7,9H2,1-2H3,(H,20,24)/t12-/m1/s1. The number of carbonyl (C=O) groups is 1. The van der Waals surface area contributed by atoms with Crippen LogP contribution in [-0.2, 0) is 11.3 Å². The van der Waals surface area contributed by atoms with E-state index >= 15 is 0 Å². The predicted octanol–water partition coefficient (Wildman–Crippen LogP) is 0.813. The summed E-state index contributed by atoms with van der Waals surface area (Å²) in [5.41, 5.74) is 0.0489. The summed E-state index contributed by atoms with van der Waals surface area (Å²) in [6, 6.07) is 4.78. The first-order chi connectivity index (χ1) is 12.6. The van der Waals surface area contributed by atoms with Crippen LogP contribution in [0.25, 0.3) is 5.65 Å². The third-order valence-corrected chi connectivity index (χ3v) is 3.99. The number of methoxy groups -OCH3 is 1. The highest BCUT2D eigenvalue weighted by Gasteiger charge is 2.19. The number of aryl methyl sites for hydroxylation is 1. The number of aromatic nitrogens is 5. The molecule has 0 radical (unpaired) electrons. The van der Waals surface area contributed by atoms with Crippen molar-refractivity contribution in [3.8, 4) is 0 Å². The molecule has 3 aromatic heterocycles. The quantitative estimate of drug-likeness (QED) is 0.629. The lowest BCUT2D eigenvalue weighted by atomic mass is 10.2. The number of rotatable bonds is 7. The molecule has 0 unspecified atom stereocenters. The average molecular weight is 356 g/mol. The van der Waals surface area contributed by atoms with Crippen LogP contribution in [0.4, 0.5) is 0 Å². The summed E-state index contributed by atoms with van der Waals surface area (Å²) in [5.74, 6) is 0.114. The van der Waals surface area contributed by atoms with E-state index in [4.69, 9.17) is 4.74 Å². The van der Waals surface area contributed by atoms with Gasteiger partial charge in [0.1, 0.15) is 17.5 Å². The third kappa shape index (κ3) is 3.62. The maximum atomic E-state index is 12.5. The van der Waals surface area contributed by atoms with Crippen molar-refractivity contribution in [3.63, 3.8) is 0 Å². The second-order valence-corrected chi connectivity index (χ2v) is 5.83. The fraction of sp³-hybridized carbons (Fsp3) is 0.353. The zero-order chi connectivity index (χ0) is 18.5. The molecule has 3 rings (SSSR count). The Balaban J connectivity index is 1.77. The van der Waals surface area contributed by atoms with Gasteiger partial charge in [-0.2, -0.15) is 0 Å².